The van der Waals surface area contributed by atoms with Crippen LogP contribution < -0.4 is 4.72 Å². The van der Waals surface area contributed by atoms with Crippen LogP contribution >= 0.6 is 0 Å². The maximum atomic E-state index is 12.9. The van der Waals surface area contributed by atoms with Crippen molar-refractivity contribution >= 4 is 10.0 Å². The van der Waals surface area contributed by atoms with Gasteiger partial charge in [0.25, 0.3) is 0 Å². The van der Waals surface area contributed by atoms with Crippen molar-refractivity contribution in [2.75, 3.05) is 26.2 Å². The molecule has 0 amide bonds. The minimum Gasteiger partial charge on any atom is -0.373 e. The normalized spacial score (nSPS) is 22.1. The molecule has 166 valence electrons. The highest BCUT2D eigenvalue weighted by Crippen LogP contribution is 2.37. The highest BCUT2D eigenvalue weighted by Gasteiger charge is 2.38. The van der Waals surface area contributed by atoms with E-state index in [0.29, 0.717) is 26.1 Å². The second-order valence-electron chi connectivity index (χ2n) is 7.01. The van der Waals surface area contributed by atoms with Gasteiger partial charge in [0.2, 0.25) is 10.0 Å². The van der Waals surface area contributed by atoms with E-state index >= 15 is 0 Å². The van der Waals surface area contributed by atoms with Crippen molar-refractivity contribution in [3.63, 3.8) is 0 Å². The molecule has 0 aliphatic carbocycles. The number of alkyl halides is 6. The Morgan fingerprint density at radius 3 is 1.93 bits per heavy atom. The molecule has 1 N–H and O–H groups in total. The van der Waals surface area contributed by atoms with Crippen LogP contribution in [0.15, 0.2) is 23.1 Å². The quantitative estimate of drug-likeness (QED) is 0.535. The molecule has 1 heterocycles. The van der Waals surface area contributed by atoms with Crippen molar-refractivity contribution in [3.8, 4) is 0 Å². The van der Waals surface area contributed by atoms with Gasteiger partial charge in [-0.15, -0.1) is 0 Å². The third-order valence-corrected chi connectivity index (χ3v) is 5.75. The predicted octanol–water partition coefficient (Wildman–Crippen LogP) is 3.50. The lowest BCUT2D eigenvalue weighted by atomic mass is 10.1. The van der Waals surface area contributed by atoms with Crippen LogP contribution in [0, 0.1) is 0 Å². The molecule has 2 rings (SSSR count). The lowest BCUT2D eigenvalue weighted by Gasteiger charge is -2.35. The zero-order chi connectivity index (χ0) is 22.0. The monoisotopic (exact) mass is 448 g/mol. The molecular weight excluding hydrogens is 426 g/mol. The summed E-state index contributed by atoms with van der Waals surface area (Å²) in [6, 6.07) is 0.283. The van der Waals surface area contributed by atoms with Gasteiger partial charge in [-0.2, -0.15) is 26.3 Å². The molecule has 0 radical (unpaired) electrons. The average Bonchev–Trinajstić information content (AvgIpc) is 2.56. The Balaban J connectivity index is 2.08. The predicted molar refractivity (Wildman–Crippen MR) is 92.7 cm³/mol. The van der Waals surface area contributed by atoms with Crippen LogP contribution in [0.3, 0.4) is 0 Å². The molecule has 12 heteroatoms. The lowest BCUT2D eigenvalue weighted by Crippen LogP contribution is -2.46. The number of morpholine rings is 1. The Kier molecular flexibility index (Phi) is 7.24. The van der Waals surface area contributed by atoms with E-state index in [1.54, 1.807) is 0 Å². The Bertz CT molecular complexity index is 768. The first-order valence-corrected chi connectivity index (χ1v) is 10.3. The molecule has 0 aromatic heterocycles. The van der Waals surface area contributed by atoms with E-state index in [1.165, 1.54) is 0 Å². The van der Waals surface area contributed by atoms with Crippen LogP contribution in [-0.2, 0) is 27.1 Å². The SMILES string of the molecule is CC1CN(CCCNS(=O)(=O)c2cc(C(F)(F)F)cc(C(F)(F)F)c2)CC(C)O1. The van der Waals surface area contributed by atoms with Gasteiger partial charge in [-0.05, 0) is 45.0 Å². The van der Waals surface area contributed by atoms with Crippen molar-refractivity contribution in [2.24, 2.45) is 0 Å². The fourth-order valence-corrected chi connectivity index (χ4v) is 4.28. The smallest absolute Gasteiger partial charge is 0.373 e. The number of hydrogen-bond donors (Lipinski definition) is 1. The van der Waals surface area contributed by atoms with Crippen molar-refractivity contribution in [1.82, 2.24) is 9.62 Å². The minimum atomic E-state index is -5.12. The average molecular weight is 448 g/mol. The van der Waals surface area contributed by atoms with Crippen LogP contribution in [0.25, 0.3) is 0 Å². The summed E-state index contributed by atoms with van der Waals surface area (Å²) in [5, 5.41) is 0. The van der Waals surface area contributed by atoms with E-state index in [9.17, 15) is 34.8 Å². The Morgan fingerprint density at radius 2 is 1.48 bits per heavy atom. The largest absolute Gasteiger partial charge is 0.416 e. The van der Waals surface area contributed by atoms with E-state index in [-0.39, 0.29) is 37.0 Å². The maximum absolute atomic E-state index is 12.9. The van der Waals surface area contributed by atoms with E-state index in [4.69, 9.17) is 4.74 Å². The molecule has 0 saturated carbocycles. The van der Waals surface area contributed by atoms with Gasteiger partial charge in [0.05, 0.1) is 28.2 Å². The van der Waals surface area contributed by atoms with Gasteiger partial charge in [-0.25, -0.2) is 13.1 Å². The number of benzene rings is 1. The van der Waals surface area contributed by atoms with Crippen molar-refractivity contribution in [1.29, 1.82) is 0 Å². The molecule has 1 aromatic carbocycles. The molecule has 2 unspecified atom stereocenters. The molecule has 1 saturated heterocycles. The van der Waals surface area contributed by atoms with Crippen LogP contribution in [0.2, 0.25) is 0 Å². The molecule has 29 heavy (non-hydrogen) atoms. The number of hydrogen-bond acceptors (Lipinski definition) is 4. The van der Waals surface area contributed by atoms with Gasteiger partial charge < -0.3 is 4.74 Å². The summed E-state index contributed by atoms with van der Waals surface area (Å²) < 4.78 is 110. The maximum Gasteiger partial charge on any atom is 0.416 e. The molecule has 1 aliphatic heterocycles. The molecule has 1 aromatic rings. The van der Waals surface area contributed by atoms with E-state index in [2.05, 4.69) is 9.62 Å². The summed E-state index contributed by atoms with van der Waals surface area (Å²) in [4.78, 5) is 0.979. The second kappa shape index (κ2) is 8.78. The number of halogens is 6. The molecule has 1 aliphatic rings. The fraction of sp³-hybridized carbons (Fsp3) is 0.647. The molecule has 2 atom stereocenters. The van der Waals surface area contributed by atoms with E-state index in [1.807, 2.05) is 13.8 Å². The number of sulfonamides is 1. The van der Waals surface area contributed by atoms with Gasteiger partial charge in [0.15, 0.2) is 0 Å². The summed E-state index contributed by atoms with van der Waals surface area (Å²) in [7, 11) is -4.54. The van der Waals surface area contributed by atoms with Crippen LogP contribution in [-0.4, -0.2) is 51.7 Å². The first-order chi connectivity index (χ1) is 13.2. The number of nitrogens with zero attached hydrogens (tertiary/aromatic N) is 1. The third-order valence-electron chi connectivity index (χ3n) is 4.31. The standard InChI is InChI=1S/C17H22F6N2O3S/c1-11-9-25(10-12(2)28-11)5-3-4-24-29(26,27)15-7-13(16(18,19)20)6-14(8-15)17(21,22)23/h6-8,11-12,24H,3-5,9-10H2,1-2H3. The second-order valence-corrected chi connectivity index (χ2v) is 8.78. The first-order valence-electron chi connectivity index (χ1n) is 8.85. The summed E-state index contributed by atoms with van der Waals surface area (Å²) in [5.74, 6) is 0. The van der Waals surface area contributed by atoms with Crippen LogP contribution in [0.1, 0.15) is 31.4 Å². The molecule has 1 fully saturated rings. The van der Waals surface area contributed by atoms with E-state index in [0.717, 1.165) is 0 Å². The van der Waals surface area contributed by atoms with Gasteiger partial charge in [0.1, 0.15) is 0 Å². The van der Waals surface area contributed by atoms with Crippen molar-refractivity contribution in [3.05, 3.63) is 29.3 Å². The summed E-state index contributed by atoms with van der Waals surface area (Å²) in [6.45, 7) is 5.49. The van der Waals surface area contributed by atoms with Gasteiger partial charge in [-0.1, -0.05) is 0 Å². The topological polar surface area (TPSA) is 58.6 Å². The minimum absolute atomic E-state index is 0.0151. The van der Waals surface area contributed by atoms with Gasteiger partial charge in [-0.3, -0.25) is 4.90 Å². The Morgan fingerprint density at radius 1 is 1.00 bits per heavy atom. The Labute approximate surface area is 165 Å². The van der Waals surface area contributed by atoms with E-state index < -0.39 is 38.4 Å². The highest BCUT2D eigenvalue weighted by atomic mass is 32.2. The summed E-state index contributed by atoms with van der Waals surface area (Å²) in [6.07, 6.45) is -9.86. The van der Waals surface area contributed by atoms with Gasteiger partial charge >= 0.3 is 12.4 Å². The highest BCUT2D eigenvalue weighted by molar-refractivity contribution is 7.89. The Hall–Kier alpha value is -1.37. The number of rotatable bonds is 6. The molecule has 0 bridgehead atoms. The lowest BCUT2D eigenvalue weighted by molar-refractivity contribution is -0.143. The van der Waals surface area contributed by atoms with Gasteiger partial charge in [0, 0.05) is 19.6 Å². The first kappa shape index (κ1) is 23.9. The van der Waals surface area contributed by atoms with Crippen LogP contribution in [0.5, 0.6) is 0 Å². The molecule has 5 nitrogen and oxygen atoms in total. The van der Waals surface area contributed by atoms with Crippen molar-refractivity contribution in [2.45, 2.75) is 49.7 Å². The zero-order valence-corrected chi connectivity index (χ0v) is 16.6. The van der Waals surface area contributed by atoms with Crippen LogP contribution in [0.4, 0.5) is 26.3 Å². The zero-order valence-electron chi connectivity index (χ0n) is 15.8. The number of nitrogens with one attached hydrogen (secondary N) is 1. The summed E-state index contributed by atoms with van der Waals surface area (Å²) >= 11 is 0. The number of ether oxygens (including phenoxy) is 1. The molecule has 0 spiro atoms. The molecular formula is C17H22F6N2O3S. The summed E-state index contributed by atoms with van der Waals surface area (Å²) in [5.41, 5.74) is -3.35. The van der Waals surface area contributed by atoms with Crippen molar-refractivity contribution < 1.29 is 39.5 Å². The third kappa shape index (κ3) is 6.83. The fourth-order valence-electron chi connectivity index (χ4n) is 3.14.